The molecule has 1 aliphatic rings. The van der Waals surface area contributed by atoms with E-state index in [1.807, 2.05) is 12.1 Å². The smallest absolute Gasteiger partial charge is 0.337 e. The predicted octanol–water partition coefficient (Wildman–Crippen LogP) is 3.04. The summed E-state index contributed by atoms with van der Waals surface area (Å²) in [7, 11) is 0. The van der Waals surface area contributed by atoms with E-state index in [4.69, 9.17) is 16.7 Å². The highest BCUT2D eigenvalue weighted by atomic mass is 35.5. The van der Waals surface area contributed by atoms with Crippen LogP contribution in [0.25, 0.3) is 0 Å². The van der Waals surface area contributed by atoms with Crippen LogP contribution in [-0.2, 0) is 12.8 Å². The highest BCUT2D eigenvalue weighted by Gasteiger charge is 2.20. The van der Waals surface area contributed by atoms with E-state index in [0.717, 1.165) is 25.9 Å². The van der Waals surface area contributed by atoms with Crippen LogP contribution in [0.5, 0.6) is 0 Å². The maximum atomic E-state index is 11.2. The van der Waals surface area contributed by atoms with Crippen molar-refractivity contribution in [3.63, 3.8) is 0 Å². The van der Waals surface area contributed by atoms with Gasteiger partial charge in [-0.05, 0) is 30.0 Å². The molecule has 0 atom stereocenters. The number of pyridine rings is 1. The maximum absolute atomic E-state index is 11.2. The van der Waals surface area contributed by atoms with E-state index >= 15 is 0 Å². The summed E-state index contributed by atoms with van der Waals surface area (Å²) >= 11 is 6.22. The zero-order chi connectivity index (χ0) is 14.8. The second-order valence-electron chi connectivity index (χ2n) is 5.06. The molecular formula is C16H15ClN2O2. The second-order valence-corrected chi connectivity index (χ2v) is 5.43. The molecule has 1 aromatic carbocycles. The van der Waals surface area contributed by atoms with Gasteiger partial charge >= 0.3 is 5.97 Å². The molecule has 0 amide bonds. The van der Waals surface area contributed by atoms with Crippen molar-refractivity contribution in [3.8, 4) is 0 Å². The van der Waals surface area contributed by atoms with E-state index in [1.54, 1.807) is 0 Å². The Morgan fingerprint density at radius 3 is 2.33 bits per heavy atom. The van der Waals surface area contributed by atoms with Crippen LogP contribution in [0.4, 0.5) is 5.82 Å². The van der Waals surface area contributed by atoms with Crippen LogP contribution in [-0.4, -0.2) is 29.1 Å². The summed E-state index contributed by atoms with van der Waals surface area (Å²) in [6, 6.07) is 9.80. The van der Waals surface area contributed by atoms with Gasteiger partial charge in [0.05, 0.1) is 10.6 Å². The van der Waals surface area contributed by atoms with E-state index in [9.17, 15) is 4.79 Å². The van der Waals surface area contributed by atoms with Crippen LogP contribution in [0.2, 0.25) is 5.02 Å². The first-order valence-electron chi connectivity index (χ1n) is 6.86. The van der Waals surface area contributed by atoms with Gasteiger partial charge in [-0.1, -0.05) is 35.9 Å². The number of carboxylic acid groups (broad SMARTS) is 1. The minimum Gasteiger partial charge on any atom is -0.478 e. The third-order valence-electron chi connectivity index (χ3n) is 3.82. The number of carboxylic acids is 1. The van der Waals surface area contributed by atoms with Gasteiger partial charge in [0.25, 0.3) is 0 Å². The third-order valence-corrected chi connectivity index (χ3v) is 4.19. The van der Waals surface area contributed by atoms with E-state index in [1.165, 1.54) is 23.4 Å². The summed E-state index contributed by atoms with van der Waals surface area (Å²) in [4.78, 5) is 17.5. The Kier molecular flexibility index (Phi) is 3.80. The number of hydrogen-bond acceptors (Lipinski definition) is 3. The monoisotopic (exact) mass is 302 g/mol. The number of nitrogens with zero attached hydrogens (tertiary/aromatic N) is 2. The van der Waals surface area contributed by atoms with Crippen molar-refractivity contribution in [2.45, 2.75) is 12.8 Å². The SMILES string of the molecule is O=C(O)c1ccnc(N2CCc3ccccc3CC2)c1Cl. The van der Waals surface area contributed by atoms with Crippen LogP contribution >= 0.6 is 11.6 Å². The van der Waals surface area contributed by atoms with E-state index in [0.29, 0.717) is 5.82 Å². The summed E-state index contributed by atoms with van der Waals surface area (Å²) in [5.41, 5.74) is 2.78. The highest BCUT2D eigenvalue weighted by Crippen LogP contribution is 2.28. The van der Waals surface area contributed by atoms with Crippen molar-refractivity contribution in [1.82, 2.24) is 4.98 Å². The quantitative estimate of drug-likeness (QED) is 0.926. The van der Waals surface area contributed by atoms with Crippen molar-refractivity contribution < 1.29 is 9.90 Å². The predicted molar refractivity (Wildman–Crippen MR) is 82.3 cm³/mol. The fourth-order valence-corrected chi connectivity index (χ4v) is 3.01. The van der Waals surface area contributed by atoms with E-state index < -0.39 is 5.97 Å². The summed E-state index contributed by atoms with van der Waals surface area (Å²) < 4.78 is 0. The van der Waals surface area contributed by atoms with Crippen LogP contribution in [0.1, 0.15) is 21.5 Å². The fraction of sp³-hybridized carbons (Fsp3) is 0.250. The van der Waals surface area contributed by atoms with Gasteiger partial charge in [0.15, 0.2) is 0 Å². The van der Waals surface area contributed by atoms with Crippen molar-refractivity contribution in [3.05, 3.63) is 58.2 Å². The summed E-state index contributed by atoms with van der Waals surface area (Å²) in [5.74, 6) is -0.467. The fourth-order valence-electron chi connectivity index (χ4n) is 2.70. The number of aromatic nitrogens is 1. The molecule has 21 heavy (non-hydrogen) atoms. The summed E-state index contributed by atoms with van der Waals surface area (Å²) in [6.45, 7) is 1.57. The first-order valence-corrected chi connectivity index (χ1v) is 7.24. The van der Waals surface area contributed by atoms with E-state index in [-0.39, 0.29) is 10.6 Å². The first kappa shape index (κ1) is 13.9. The molecule has 2 heterocycles. The zero-order valence-corrected chi connectivity index (χ0v) is 12.2. The Bertz CT molecular complexity index is 661. The molecule has 0 unspecified atom stereocenters. The van der Waals surface area contributed by atoms with Crippen LogP contribution in [0.15, 0.2) is 36.5 Å². The lowest BCUT2D eigenvalue weighted by Crippen LogP contribution is -2.27. The molecule has 0 spiro atoms. The number of fused-ring (bicyclic) bond motifs is 1. The normalized spacial score (nSPS) is 14.4. The van der Waals surface area contributed by atoms with Crippen molar-refractivity contribution >= 4 is 23.4 Å². The minimum atomic E-state index is -1.03. The van der Waals surface area contributed by atoms with Gasteiger partial charge in [0, 0.05) is 19.3 Å². The van der Waals surface area contributed by atoms with Crippen LogP contribution in [0, 0.1) is 0 Å². The number of halogens is 1. The van der Waals surface area contributed by atoms with Gasteiger partial charge in [0.1, 0.15) is 5.82 Å². The molecule has 0 bridgehead atoms. The molecule has 4 nitrogen and oxygen atoms in total. The molecule has 1 N–H and O–H groups in total. The number of benzene rings is 1. The molecule has 3 rings (SSSR count). The van der Waals surface area contributed by atoms with Crippen molar-refractivity contribution in [2.75, 3.05) is 18.0 Å². The topological polar surface area (TPSA) is 53.4 Å². The highest BCUT2D eigenvalue weighted by molar-refractivity contribution is 6.35. The van der Waals surface area contributed by atoms with Crippen LogP contribution < -0.4 is 4.90 Å². The number of aromatic carboxylic acids is 1. The lowest BCUT2D eigenvalue weighted by atomic mass is 10.0. The van der Waals surface area contributed by atoms with Gasteiger partial charge in [-0.2, -0.15) is 0 Å². The number of rotatable bonds is 2. The second kappa shape index (κ2) is 5.74. The summed E-state index contributed by atoms with van der Waals surface area (Å²) in [5, 5.41) is 9.37. The largest absolute Gasteiger partial charge is 0.478 e. The Balaban J connectivity index is 1.90. The van der Waals surface area contributed by atoms with Crippen molar-refractivity contribution in [2.24, 2.45) is 0 Å². The molecular weight excluding hydrogens is 288 g/mol. The Hall–Kier alpha value is -2.07. The molecule has 108 valence electrons. The average molecular weight is 303 g/mol. The Morgan fingerprint density at radius 2 is 1.76 bits per heavy atom. The maximum Gasteiger partial charge on any atom is 0.337 e. The zero-order valence-electron chi connectivity index (χ0n) is 11.4. The molecule has 0 radical (unpaired) electrons. The van der Waals surface area contributed by atoms with Crippen molar-refractivity contribution in [1.29, 1.82) is 0 Å². The van der Waals surface area contributed by atoms with Gasteiger partial charge in [0.2, 0.25) is 0 Å². The Morgan fingerprint density at radius 1 is 1.14 bits per heavy atom. The number of hydrogen-bond donors (Lipinski definition) is 1. The molecule has 0 fully saturated rings. The van der Waals surface area contributed by atoms with Gasteiger partial charge in [-0.25, -0.2) is 9.78 Å². The molecule has 1 aromatic heterocycles. The van der Waals surface area contributed by atoms with E-state index in [2.05, 4.69) is 22.0 Å². The number of anilines is 1. The van der Waals surface area contributed by atoms with Gasteiger partial charge in [-0.3, -0.25) is 0 Å². The molecule has 1 aliphatic heterocycles. The summed E-state index contributed by atoms with van der Waals surface area (Å²) in [6.07, 6.45) is 3.32. The van der Waals surface area contributed by atoms with Gasteiger partial charge < -0.3 is 10.0 Å². The molecule has 0 saturated carbocycles. The molecule has 2 aromatic rings. The lowest BCUT2D eigenvalue weighted by molar-refractivity contribution is 0.0697. The molecule has 0 saturated heterocycles. The number of carbonyl (C=O) groups is 1. The first-order chi connectivity index (χ1) is 10.2. The average Bonchev–Trinajstić information content (AvgIpc) is 2.70. The minimum absolute atomic E-state index is 0.100. The standard InChI is InChI=1S/C16H15ClN2O2/c17-14-13(16(20)21)5-8-18-15(14)19-9-6-11-3-1-2-4-12(11)7-10-19/h1-5,8H,6-7,9-10H2,(H,20,21). The lowest BCUT2D eigenvalue weighted by Gasteiger charge is -2.22. The molecule has 5 heteroatoms. The molecule has 0 aliphatic carbocycles. The third kappa shape index (κ3) is 2.72. The van der Waals surface area contributed by atoms with Crippen LogP contribution in [0.3, 0.4) is 0 Å². The Labute approximate surface area is 128 Å². The van der Waals surface area contributed by atoms with Gasteiger partial charge in [-0.15, -0.1) is 0 Å².